The largest absolute Gasteiger partial charge is 0.291 e. The fourth-order valence-electron chi connectivity index (χ4n) is 4.47. The van der Waals surface area contributed by atoms with Crippen LogP contribution in [0.15, 0.2) is 60.7 Å². The minimum absolute atomic E-state index is 0.155. The molecule has 5 rings (SSSR count). The molecule has 3 aliphatic rings. The minimum Gasteiger partial charge on any atom is -0.291 e. The van der Waals surface area contributed by atoms with Crippen molar-refractivity contribution in [3.8, 4) is 0 Å². The van der Waals surface area contributed by atoms with E-state index in [9.17, 15) is 0 Å². The maximum atomic E-state index is 6.54. The fourth-order valence-corrected chi connectivity index (χ4v) is 4.47. The number of nitrogens with zero attached hydrogens (tertiary/aromatic N) is 1. The Bertz CT molecular complexity index is 673. The second kappa shape index (κ2) is 4.43. The third-order valence-corrected chi connectivity index (χ3v) is 5.80. The number of fused-ring (bicyclic) bond motifs is 1. The zero-order valence-corrected chi connectivity index (χ0v) is 12.7. The number of hydrogen-bond donors (Lipinski definition) is 0. The van der Waals surface area contributed by atoms with Crippen molar-refractivity contribution in [2.24, 2.45) is 5.41 Å². The molecule has 2 aromatic rings. The Morgan fingerprint density at radius 3 is 2.09 bits per heavy atom. The van der Waals surface area contributed by atoms with Gasteiger partial charge >= 0.3 is 0 Å². The average Bonchev–Trinajstić information content (AvgIpc) is 3.44. The summed E-state index contributed by atoms with van der Waals surface area (Å²) in [7, 11) is 0. The van der Waals surface area contributed by atoms with E-state index in [0.29, 0.717) is 11.5 Å². The maximum Gasteiger partial charge on any atom is 0.0977 e. The number of hydroxylamine groups is 2. The highest BCUT2D eigenvalue weighted by Gasteiger charge is 2.76. The first-order valence-electron chi connectivity index (χ1n) is 8.38. The van der Waals surface area contributed by atoms with Gasteiger partial charge in [0.1, 0.15) is 0 Å². The number of benzene rings is 2. The molecule has 2 aliphatic carbocycles. The molecule has 2 spiro atoms. The molecule has 2 aromatic carbocycles. The monoisotopic (exact) mass is 291 g/mol. The molecule has 22 heavy (non-hydrogen) atoms. The van der Waals surface area contributed by atoms with Crippen molar-refractivity contribution in [3.05, 3.63) is 71.8 Å². The highest BCUT2D eigenvalue weighted by atomic mass is 16.7. The molecular weight excluding hydrogens is 270 g/mol. The first-order chi connectivity index (χ1) is 10.8. The van der Waals surface area contributed by atoms with Gasteiger partial charge < -0.3 is 0 Å². The van der Waals surface area contributed by atoms with E-state index >= 15 is 0 Å². The molecule has 1 saturated heterocycles. The SMILES string of the molecule is c1ccc(CN2OC3(CC3)C3(CC3)C2c2ccccc2)cc1. The summed E-state index contributed by atoms with van der Waals surface area (Å²) in [5.41, 5.74) is 3.28. The third-order valence-electron chi connectivity index (χ3n) is 5.80. The molecule has 3 fully saturated rings. The van der Waals surface area contributed by atoms with Crippen molar-refractivity contribution in [3.63, 3.8) is 0 Å². The van der Waals surface area contributed by atoms with E-state index in [4.69, 9.17) is 4.84 Å². The molecule has 0 N–H and O–H groups in total. The van der Waals surface area contributed by atoms with Gasteiger partial charge in [-0.1, -0.05) is 60.7 Å². The maximum absolute atomic E-state index is 6.54. The summed E-state index contributed by atoms with van der Waals surface area (Å²) in [5, 5.41) is 2.28. The van der Waals surface area contributed by atoms with Crippen LogP contribution in [0.25, 0.3) is 0 Å². The van der Waals surface area contributed by atoms with Crippen molar-refractivity contribution in [2.75, 3.05) is 0 Å². The van der Waals surface area contributed by atoms with Gasteiger partial charge in [0.15, 0.2) is 0 Å². The molecule has 1 atom stereocenters. The summed E-state index contributed by atoms with van der Waals surface area (Å²) in [6.45, 7) is 0.879. The molecule has 1 aliphatic heterocycles. The molecule has 2 nitrogen and oxygen atoms in total. The molecule has 112 valence electrons. The Hall–Kier alpha value is -1.64. The van der Waals surface area contributed by atoms with Gasteiger partial charge in [-0.25, -0.2) is 0 Å². The molecule has 1 heterocycles. The van der Waals surface area contributed by atoms with E-state index < -0.39 is 0 Å². The van der Waals surface area contributed by atoms with Gasteiger partial charge in [0.05, 0.1) is 11.6 Å². The molecule has 0 radical (unpaired) electrons. The van der Waals surface area contributed by atoms with Crippen LogP contribution < -0.4 is 0 Å². The van der Waals surface area contributed by atoms with Crippen molar-refractivity contribution in [1.82, 2.24) is 5.06 Å². The molecule has 2 saturated carbocycles. The molecular formula is C20H21NO. The fraction of sp³-hybridized carbons (Fsp3) is 0.400. The number of rotatable bonds is 3. The third kappa shape index (κ3) is 1.74. The van der Waals surface area contributed by atoms with E-state index in [2.05, 4.69) is 65.7 Å². The zero-order chi connectivity index (χ0) is 14.6. The highest BCUT2D eigenvalue weighted by Crippen LogP contribution is 2.76. The Balaban J connectivity index is 1.53. The lowest BCUT2D eigenvalue weighted by Gasteiger charge is -2.26. The van der Waals surface area contributed by atoms with E-state index in [-0.39, 0.29) is 5.60 Å². The second-order valence-corrected chi connectivity index (χ2v) is 7.12. The van der Waals surface area contributed by atoms with Crippen LogP contribution in [0.2, 0.25) is 0 Å². The van der Waals surface area contributed by atoms with Crippen molar-refractivity contribution < 1.29 is 4.84 Å². The lowest BCUT2D eigenvalue weighted by Crippen LogP contribution is -2.25. The van der Waals surface area contributed by atoms with Crippen LogP contribution in [0, 0.1) is 5.41 Å². The quantitative estimate of drug-likeness (QED) is 0.826. The van der Waals surface area contributed by atoms with E-state index in [1.54, 1.807) is 0 Å². The predicted octanol–water partition coefficient (Wildman–Crippen LogP) is 4.49. The van der Waals surface area contributed by atoms with Crippen molar-refractivity contribution in [2.45, 2.75) is 43.9 Å². The van der Waals surface area contributed by atoms with Crippen LogP contribution in [-0.2, 0) is 11.4 Å². The van der Waals surface area contributed by atoms with Gasteiger partial charge in [-0.15, -0.1) is 0 Å². The second-order valence-electron chi connectivity index (χ2n) is 7.12. The topological polar surface area (TPSA) is 12.5 Å². The van der Waals surface area contributed by atoms with Gasteiger partial charge in [-0.3, -0.25) is 4.84 Å². The van der Waals surface area contributed by atoms with Crippen molar-refractivity contribution in [1.29, 1.82) is 0 Å². The Labute approximate surface area is 131 Å². The summed E-state index contributed by atoms with van der Waals surface area (Å²) in [6, 6.07) is 22.1. The Morgan fingerprint density at radius 2 is 1.50 bits per heavy atom. The summed E-state index contributed by atoms with van der Waals surface area (Å²) < 4.78 is 0. The van der Waals surface area contributed by atoms with E-state index in [0.717, 1.165) is 6.54 Å². The van der Waals surface area contributed by atoms with Crippen LogP contribution in [0.4, 0.5) is 0 Å². The molecule has 0 aromatic heterocycles. The Morgan fingerprint density at radius 1 is 0.864 bits per heavy atom. The lowest BCUT2D eigenvalue weighted by molar-refractivity contribution is -0.181. The van der Waals surface area contributed by atoms with Gasteiger partial charge in [-0.2, -0.15) is 5.06 Å². The average molecular weight is 291 g/mol. The van der Waals surface area contributed by atoms with Gasteiger partial charge in [0, 0.05) is 12.0 Å². The standard InChI is InChI=1S/C20H21NO/c1-3-7-16(8-4-1)15-21-18(17-9-5-2-6-10-17)19(11-12-19)20(22-21)13-14-20/h1-10,18H,11-15H2. The van der Waals surface area contributed by atoms with Crippen LogP contribution in [0.3, 0.4) is 0 Å². The highest BCUT2D eigenvalue weighted by molar-refractivity contribution is 5.33. The van der Waals surface area contributed by atoms with E-state index in [1.165, 1.54) is 36.8 Å². The van der Waals surface area contributed by atoms with Crippen LogP contribution in [0.1, 0.15) is 42.9 Å². The van der Waals surface area contributed by atoms with E-state index in [1.807, 2.05) is 0 Å². The predicted molar refractivity (Wildman–Crippen MR) is 85.9 cm³/mol. The lowest BCUT2D eigenvalue weighted by atomic mass is 9.84. The normalized spacial score (nSPS) is 27.4. The minimum atomic E-state index is 0.155. The van der Waals surface area contributed by atoms with Crippen LogP contribution in [0.5, 0.6) is 0 Å². The summed E-state index contributed by atoms with van der Waals surface area (Å²) in [4.78, 5) is 6.54. The first-order valence-corrected chi connectivity index (χ1v) is 8.38. The molecule has 1 unspecified atom stereocenters. The zero-order valence-electron chi connectivity index (χ0n) is 12.7. The van der Waals surface area contributed by atoms with Gasteiger partial charge in [0.2, 0.25) is 0 Å². The molecule has 0 bridgehead atoms. The van der Waals surface area contributed by atoms with Gasteiger partial charge in [-0.05, 0) is 36.8 Å². The molecule has 0 amide bonds. The molecule has 2 heteroatoms. The summed E-state index contributed by atoms with van der Waals surface area (Å²) in [6.07, 6.45) is 5.11. The number of hydrogen-bond acceptors (Lipinski definition) is 2. The van der Waals surface area contributed by atoms with Crippen LogP contribution in [-0.4, -0.2) is 10.7 Å². The smallest absolute Gasteiger partial charge is 0.0977 e. The van der Waals surface area contributed by atoms with Gasteiger partial charge in [0.25, 0.3) is 0 Å². The first kappa shape index (κ1) is 12.9. The van der Waals surface area contributed by atoms with Crippen molar-refractivity contribution >= 4 is 0 Å². The summed E-state index contributed by atoms with van der Waals surface area (Å²) >= 11 is 0. The van der Waals surface area contributed by atoms with Crippen LogP contribution >= 0.6 is 0 Å². The Kier molecular flexibility index (Phi) is 2.59. The summed E-state index contributed by atoms with van der Waals surface area (Å²) in [5.74, 6) is 0.